The first-order chi connectivity index (χ1) is 14.2. The third-order valence-electron chi connectivity index (χ3n) is 5.52. The zero-order valence-corrected chi connectivity index (χ0v) is 16.1. The van der Waals surface area contributed by atoms with E-state index in [0.717, 1.165) is 25.1 Å². The fraction of sp³-hybridized carbons (Fsp3) is 0.364. The molecule has 4 rings (SSSR count). The van der Waals surface area contributed by atoms with Gasteiger partial charge in [-0.15, -0.1) is 0 Å². The van der Waals surface area contributed by atoms with Crippen molar-refractivity contribution >= 4 is 28.9 Å². The van der Waals surface area contributed by atoms with E-state index < -0.39 is 6.04 Å². The smallest absolute Gasteiger partial charge is 0.251 e. The van der Waals surface area contributed by atoms with Crippen LogP contribution in [0, 0.1) is 5.92 Å². The van der Waals surface area contributed by atoms with E-state index in [4.69, 9.17) is 0 Å². The van der Waals surface area contributed by atoms with Gasteiger partial charge in [-0.2, -0.15) is 10.2 Å². The van der Waals surface area contributed by atoms with Crippen molar-refractivity contribution in [2.75, 3.05) is 24.6 Å². The molecular weight excluding hydrogens is 368 g/mol. The topological polar surface area (TPSA) is 85.6 Å². The molecule has 2 saturated heterocycles. The second-order valence-corrected chi connectivity index (χ2v) is 7.53. The maximum atomic E-state index is 13.0. The average molecular weight is 392 g/mol. The van der Waals surface area contributed by atoms with Crippen LogP contribution in [0.15, 0.2) is 64.8 Å². The number of nitrogens with zero attached hydrogens (tertiary/aromatic N) is 4. The summed E-state index contributed by atoms with van der Waals surface area (Å²) in [7, 11) is 0. The van der Waals surface area contributed by atoms with Crippen LogP contribution in [0.4, 0.5) is 17.1 Å². The molecule has 0 radical (unpaired) electrons. The largest absolute Gasteiger partial charge is 0.396 e. The maximum Gasteiger partial charge on any atom is 0.251 e. The van der Waals surface area contributed by atoms with Crippen molar-refractivity contribution in [3.8, 4) is 0 Å². The molecular formula is C22H24N4O3. The van der Waals surface area contributed by atoms with Crippen LogP contribution in [0.1, 0.15) is 19.3 Å². The van der Waals surface area contributed by atoms with Gasteiger partial charge in [0.05, 0.1) is 29.5 Å². The number of amides is 2. The lowest BCUT2D eigenvalue weighted by molar-refractivity contribution is -0.123. The van der Waals surface area contributed by atoms with Gasteiger partial charge >= 0.3 is 0 Å². The Bertz CT molecular complexity index is 898. The van der Waals surface area contributed by atoms with Crippen LogP contribution >= 0.6 is 0 Å². The second kappa shape index (κ2) is 8.63. The first kappa shape index (κ1) is 19.4. The number of carbonyl (C=O) groups excluding carboxylic acids is 2. The minimum absolute atomic E-state index is 0.119. The summed E-state index contributed by atoms with van der Waals surface area (Å²) in [5.41, 5.74) is 1.96. The summed E-state index contributed by atoms with van der Waals surface area (Å²) in [6, 6.07) is 15.9. The summed E-state index contributed by atoms with van der Waals surface area (Å²) in [5.74, 6) is -0.202. The monoisotopic (exact) mass is 392 g/mol. The lowest BCUT2D eigenvalue weighted by Crippen LogP contribution is -2.47. The van der Waals surface area contributed by atoms with Gasteiger partial charge in [0.2, 0.25) is 5.91 Å². The maximum absolute atomic E-state index is 13.0. The molecule has 2 atom stereocenters. The normalized spacial score (nSPS) is 23.3. The van der Waals surface area contributed by atoms with Crippen molar-refractivity contribution in [2.45, 2.75) is 25.3 Å². The van der Waals surface area contributed by atoms with Crippen molar-refractivity contribution in [2.24, 2.45) is 16.1 Å². The highest BCUT2D eigenvalue weighted by molar-refractivity contribution is 6.22. The first-order valence-electron chi connectivity index (χ1n) is 9.94. The van der Waals surface area contributed by atoms with E-state index in [0.29, 0.717) is 17.9 Å². The molecule has 2 amide bonds. The highest BCUT2D eigenvalue weighted by Gasteiger charge is 2.43. The van der Waals surface area contributed by atoms with Crippen molar-refractivity contribution in [3.05, 3.63) is 54.6 Å². The highest BCUT2D eigenvalue weighted by atomic mass is 16.3. The number of azo groups is 1. The Hall–Kier alpha value is -2.90. The molecule has 0 aliphatic carbocycles. The molecule has 7 nitrogen and oxygen atoms in total. The zero-order valence-electron chi connectivity index (χ0n) is 16.1. The van der Waals surface area contributed by atoms with Gasteiger partial charge in [-0.1, -0.05) is 18.2 Å². The summed E-state index contributed by atoms with van der Waals surface area (Å²) in [4.78, 5) is 28.9. The molecule has 2 unspecified atom stereocenters. The Morgan fingerprint density at radius 3 is 2.34 bits per heavy atom. The Kier molecular flexibility index (Phi) is 5.78. The number of hydrogen-bond donors (Lipinski definition) is 1. The van der Waals surface area contributed by atoms with Crippen molar-refractivity contribution in [1.29, 1.82) is 0 Å². The lowest BCUT2D eigenvalue weighted by Gasteiger charge is -2.34. The SMILES string of the molecule is O=C1CC(N2CCCC(CO)C2)C(=O)N1c1ccc(N=Nc2ccccc2)cc1. The Morgan fingerprint density at radius 2 is 1.66 bits per heavy atom. The van der Waals surface area contributed by atoms with E-state index in [2.05, 4.69) is 10.2 Å². The van der Waals surface area contributed by atoms with Gasteiger partial charge in [-0.05, 0) is 61.7 Å². The van der Waals surface area contributed by atoms with Crippen LogP contribution in [0.5, 0.6) is 0 Å². The number of aliphatic hydroxyl groups excluding tert-OH is 1. The number of rotatable bonds is 5. The number of aliphatic hydroxyl groups is 1. The standard InChI is InChI=1S/C22H24N4O3/c27-15-16-5-4-12-25(14-16)20-13-21(28)26(22(20)29)19-10-8-18(9-11-19)24-23-17-6-2-1-3-7-17/h1-3,6-11,16,20,27H,4-5,12-15H2. The predicted octanol–water partition coefficient (Wildman–Crippen LogP) is 3.44. The van der Waals surface area contributed by atoms with Crippen molar-refractivity contribution in [1.82, 2.24) is 4.90 Å². The Morgan fingerprint density at radius 1 is 0.966 bits per heavy atom. The predicted molar refractivity (Wildman–Crippen MR) is 109 cm³/mol. The summed E-state index contributed by atoms with van der Waals surface area (Å²) in [5, 5.41) is 17.8. The molecule has 2 aliphatic rings. The molecule has 0 spiro atoms. The molecule has 29 heavy (non-hydrogen) atoms. The molecule has 0 bridgehead atoms. The van der Waals surface area contributed by atoms with Gasteiger partial charge in [-0.25, -0.2) is 4.90 Å². The van der Waals surface area contributed by atoms with E-state index in [1.165, 1.54) is 4.90 Å². The third kappa shape index (κ3) is 4.26. The molecule has 2 fully saturated rings. The minimum atomic E-state index is -0.436. The van der Waals surface area contributed by atoms with Gasteiger partial charge in [0.15, 0.2) is 0 Å². The van der Waals surface area contributed by atoms with Gasteiger partial charge in [0, 0.05) is 13.2 Å². The minimum Gasteiger partial charge on any atom is -0.396 e. The van der Waals surface area contributed by atoms with Crippen LogP contribution in [0.2, 0.25) is 0 Å². The van der Waals surface area contributed by atoms with Crippen molar-refractivity contribution < 1.29 is 14.7 Å². The van der Waals surface area contributed by atoms with Gasteiger partial charge in [0.1, 0.15) is 0 Å². The number of likely N-dealkylation sites (tertiary alicyclic amines) is 1. The molecule has 2 aliphatic heterocycles. The summed E-state index contributed by atoms with van der Waals surface area (Å²) >= 11 is 0. The highest BCUT2D eigenvalue weighted by Crippen LogP contribution is 2.30. The van der Waals surface area contributed by atoms with E-state index in [-0.39, 0.29) is 30.8 Å². The molecule has 1 N–H and O–H groups in total. The van der Waals surface area contributed by atoms with Crippen LogP contribution in [0.25, 0.3) is 0 Å². The van der Waals surface area contributed by atoms with E-state index in [1.807, 2.05) is 35.2 Å². The van der Waals surface area contributed by atoms with Gasteiger partial charge in [-0.3, -0.25) is 14.5 Å². The van der Waals surface area contributed by atoms with E-state index in [9.17, 15) is 14.7 Å². The quantitative estimate of drug-likeness (QED) is 0.624. The average Bonchev–Trinajstić information content (AvgIpc) is 3.07. The first-order valence-corrected chi connectivity index (χ1v) is 9.94. The molecule has 2 aromatic carbocycles. The van der Waals surface area contributed by atoms with E-state index >= 15 is 0 Å². The Balaban J connectivity index is 1.46. The Labute approximate surface area is 169 Å². The molecule has 0 saturated carbocycles. The molecule has 7 heteroatoms. The summed E-state index contributed by atoms with van der Waals surface area (Å²) in [6.07, 6.45) is 2.08. The molecule has 2 heterocycles. The van der Waals surface area contributed by atoms with E-state index in [1.54, 1.807) is 24.3 Å². The van der Waals surface area contributed by atoms with Crippen LogP contribution in [-0.2, 0) is 9.59 Å². The second-order valence-electron chi connectivity index (χ2n) is 7.53. The number of piperidine rings is 1. The summed E-state index contributed by atoms with van der Waals surface area (Å²) < 4.78 is 0. The number of hydrogen-bond acceptors (Lipinski definition) is 6. The number of imide groups is 1. The van der Waals surface area contributed by atoms with Crippen LogP contribution in [-0.4, -0.2) is 47.6 Å². The number of carbonyl (C=O) groups is 2. The molecule has 2 aromatic rings. The fourth-order valence-corrected chi connectivity index (χ4v) is 3.98. The molecule has 150 valence electrons. The van der Waals surface area contributed by atoms with Crippen LogP contribution < -0.4 is 4.90 Å². The zero-order chi connectivity index (χ0) is 20.2. The number of anilines is 1. The lowest BCUT2D eigenvalue weighted by atomic mass is 9.97. The van der Waals surface area contributed by atoms with Crippen molar-refractivity contribution in [3.63, 3.8) is 0 Å². The van der Waals surface area contributed by atoms with Gasteiger partial charge < -0.3 is 5.11 Å². The molecule has 0 aromatic heterocycles. The fourth-order valence-electron chi connectivity index (χ4n) is 3.98. The summed E-state index contributed by atoms with van der Waals surface area (Å²) in [6.45, 7) is 1.56. The van der Waals surface area contributed by atoms with Crippen LogP contribution in [0.3, 0.4) is 0 Å². The van der Waals surface area contributed by atoms with Gasteiger partial charge in [0.25, 0.3) is 5.91 Å². The third-order valence-corrected chi connectivity index (χ3v) is 5.52. The number of benzene rings is 2.